The number of aliphatic hydroxyl groups excluding tert-OH is 1. The minimum Gasteiger partial charge on any atom is -0.396 e. The Morgan fingerprint density at radius 1 is 1.13 bits per heavy atom. The number of carbonyl (C=O) groups excluding carboxylic acids is 1. The van der Waals surface area contributed by atoms with Crippen LogP contribution >= 0.6 is 0 Å². The Labute approximate surface area is 173 Å². The first-order valence-electron chi connectivity index (χ1n) is 9.68. The molecule has 1 aromatic carbocycles. The zero-order valence-electron chi connectivity index (χ0n) is 17.0. The minimum atomic E-state index is -0.233. The number of rotatable bonds is 9. The second kappa shape index (κ2) is 9.95. The fraction of sp³-hybridized carbons (Fsp3) is 0.333. The summed E-state index contributed by atoms with van der Waals surface area (Å²) in [6.07, 6.45) is 0.495. The van der Waals surface area contributed by atoms with Gasteiger partial charge in [-0.2, -0.15) is 4.98 Å². The Kier molecular flexibility index (Phi) is 7.10. The van der Waals surface area contributed by atoms with Crippen molar-refractivity contribution in [2.75, 3.05) is 38.7 Å². The average molecular weight is 411 g/mol. The first-order chi connectivity index (χ1) is 14.5. The number of hydrogen-bond acceptors (Lipinski definition) is 7. The van der Waals surface area contributed by atoms with E-state index in [1.54, 1.807) is 37.4 Å². The van der Waals surface area contributed by atoms with Crippen LogP contribution in [-0.4, -0.2) is 59.0 Å². The molecule has 0 bridgehead atoms. The van der Waals surface area contributed by atoms with Crippen molar-refractivity contribution in [3.05, 3.63) is 58.0 Å². The molecule has 158 valence electrons. The zero-order valence-corrected chi connectivity index (χ0v) is 17.0. The molecule has 3 rings (SSSR count). The number of nitrogens with zero attached hydrogens (tertiary/aromatic N) is 3. The molecule has 0 aliphatic carbocycles. The van der Waals surface area contributed by atoms with E-state index in [-0.39, 0.29) is 18.1 Å². The highest BCUT2D eigenvalue weighted by atomic mass is 16.5. The lowest BCUT2D eigenvalue weighted by atomic mass is 10.1. The third kappa shape index (κ3) is 4.81. The summed E-state index contributed by atoms with van der Waals surface area (Å²) in [4.78, 5) is 33.8. The van der Waals surface area contributed by atoms with Crippen LogP contribution in [0, 0.1) is 6.92 Å². The maximum Gasteiger partial charge on any atom is 0.256 e. The Bertz CT molecular complexity index is 1080. The molecule has 2 heterocycles. The molecule has 0 aliphatic rings. The number of hydrogen-bond donors (Lipinski definition) is 3. The quantitative estimate of drug-likeness (QED) is 0.454. The number of amides is 1. The number of fused-ring (bicyclic) bond motifs is 1. The molecule has 3 aromatic rings. The standard InChI is InChI=1S/C21H25N5O4/c1-14-17-8-9-18(28)26(19(17)25-21(24-14)23-11-13-30-2)16-6-4-15(5-7-16)20(29)22-10-3-12-27/h4-9,27H,3,10-13H2,1-2H3,(H,22,29)(H,23,24,25). The van der Waals surface area contributed by atoms with Gasteiger partial charge in [-0.05, 0) is 43.7 Å². The van der Waals surface area contributed by atoms with Gasteiger partial charge in [0.15, 0.2) is 5.65 Å². The number of ether oxygens (including phenoxy) is 1. The van der Waals surface area contributed by atoms with E-state index < -0.39 is 0 Å². The highest BCUT2D eigenvalue weighted by molar-refractivity contribution is 5.94. The molecule has 0 atom stereocenters. The highest BCUT2D eigenvalue weighted by Gasteiger charge is 2.12. The number of aliphatic hydroxyl groups is 1. The second-order valence-electron chi connectivity index (χ2n) is 6.68. The van der Waals surface area contributed by atoms with Crippen LogP contribution in [0.2, 0.25) is 0 Å². The first kappa shape index (κ1) is 21.4. The summed E-state index contributed by atoms with van der Waals surface area (Å²) in [5, 5.41) is 15.4. The number of aromatic nitrogens is 3. The van der Waals surface area contributed by atoms with Gasteiger partial charge in [-0.15, -0.1) is 0 Å². The summed E-state index contributed by atoms with van der Waals surface area (Å²) in [5.41, 5.74) is 2.06. The molecule has 2 aromatic heterocycles. The van der Waals surface area contributed by atoms with Crippen molar-refractivity contribution in [1.82, 2.24) is 19.9 Å². The monoisotopic (exact) mass is 411 g/mol. The second-order valence-corrected chi connectivity index (χ2v) is 6.68. The smallest absolute Gasteiger partial charge is 0.256 e. The Balaban J connectivity index is 1.97. The number of carbonyl (C=O) groups is 1. The van der Waals surface area contributed by atoms with E-state index in [1.807, 2.05) is 6.92 Å². The highest BCUT2D eigenvalue weighted by Crippen LogP contribution is 2.19. The number of aryl methyl sites for hydroxylation is 1. The van der Waals surface area contributed by atoms with Crippen LogP contribution in [0.4, 0.5) is 5.95 Å². The lowest BCUT2D eigenvalue weighted by molar-refractivity contribution is 0.0951. The van der Waals surface area contributed by atoms with E-state index in [4.69, 9.17) is 9.84 Å². The number of nitrogens with one attached hydrogen (secondary N) is 2. The van der Waals surface area contributed by atoms with Crippen LogP contribution in [0.3, 0.4) is 0 Å². The van der Waals surface area contributed by atoms with E-state index in [1.165, 1.54) is 10.6 Å². The van der Waals surface area contributed by atoms with Gasteiger partial charge in [0.25, 0.3) is 11.5 Å². The Hall–Kier alpha value is -3.30. The van der Waals surface area contributed by atoms with Crippen molar-refractivity contribution < 1.29 is 14.6 Å². The van der Waals surface area contributed by atoms with Crippen molar-refractivity contribution in [2.24, 2.45) is 0 Å². The van der Waals surface area contributed by atoms with Crippen molar-refractivity contribution in [3.63, 3.8) is 0 Å². The molecular formula is C21H25N5O4. The molecule has 9 heteroatoms. The van der Waals surface area contributed by atoms with Crippen molar-refractivity contribution in [2.45, 2.75) is 13.3 Å². The predicted molar refractivity (Wildman–Crippen MR) is 114 cm³/mol. The zero-order chi connectivity index (χ0) is 21.5. The van der Waals surface area contributed by atoms with Gasteiger partial charge in [0.05, 0.1) is 18.0 Å². The molecule has 0 aliphatic heterocycles. The van der Waals surface area contributed by atoms with E-state index in [9.17, 15) is 9.59 Å². The van der Waals surface area contributed by atoms with Crippen LogP contribution in [0.15, 0.2) is 41.2 Å². The topological polar surface area (TPSA) is 118 Å². The maximum atomic E-state index is 12.7. The lowest BCUT2D eigenvalue weighted by Crippen LogP contribution is -2.25. The molecule has 30 heavy (non-hydrogen) atoms. The SMILES string of the molecule is COCCNc1nc(C)c2ccc(=O)n(-c3ccc(C(=O)NCCCO)cc3)c2n1. The summed E-state index contributed by atoms with van der Waals surface area (Å²) >= 11 is 0. The largest absolute Gasteiger partial charge is 0.396 e. The molecule has 0 unspecified atom stereocenters. The summed E-state index contributed by atoms with van der Waals surface area (Å²) in [6, 6.07) is 9.91. The average Bonchev–Trinajstić information content (AvgIpc) is 2.74. The third-order valence-electron chi connectivity index (χ3n) is 4.54. The van der Waals surface area contributed by atoms with Gasteiger partial charge < -0.3 is 20.5 Å². The van der Waals surface area contributed by atoms with Crippen LogP contribution in [0.1, 0.15) is 22.5 Å². The number of methoxy groups -OCH3 is 1. The molecule has 9 nitrogen and oxygen atoms in total. The normalized spacial score (nSPS) is 10.9. The van der Waals surface area contributed by atoms with Gasteiger partial charge in [-0.3, -0.25) is 14.2 Å². The van der Waals surface area contributed by atoms with E-state index >= 15 is 0 Å². The van der Waals surface area contributed by atoms with Gasteiger partial charge in [-0.1, -0.05) is 0 Å². The van der Waals surface area contributed by atoms with Gasteiger partial charge in [-0.25, -0.2) is 4.98 Å². The van der Waals surface area contributed by atoms with Crippen LogP contribution in [-0.2, 0) is 4.74 Å². The first-order valence-corrected chi connectivity index (χ1v) is 9.68. The minimum absolute atomic E-state index is 0.0206. The van der Waals surface area contributed by atoms with Crippen molar-refractivity contribution in [1.29, 1.82) is 0 Å². The van der Waals surface area contributed by atoms with Crippen LogP contribution in [0.25, 0.3) is 16.7 Å². The number of benzene rings is 1. The molecule has 0 spiro atoms. The fourth-order valence-electron chi connectivity index (χ4n) is 3.00. The van der Waals surface area contributed by atoms with Crippen LogP contribution in [0.5, 0.6) is 0 Å². The third-order valence-corrected chi connectivity index (χ3v) is 4.54. The van der Waals surface area contributed by atoms with E-state index in [0.717, 1.165) is 11.1 Å². The summed E-state index contributed by atoms with van der Waals surface area (Å²) in [7, 11) is 1.61. The van der Waals surface area contributed by atoms with E-state index in [0.29, 0.717) is 49.0 Å². The number of anilines is 1. The van der Waals surface area contributed by atoms with Gasteiger partial charge in [0, 0.05) is 43.8 Å². The maximum absolute atomic E-state index is 12.7. The van der Waals surface area contributed by atoms with Crippen molar-refractivity contribution >= 4 is 22.9 Å². The molecule has 3 N–H and O–H groups in total. The number of pyridine rings is 1. The Morgan fingerprint density at radius 2 is 1.90 bits per heavy atom. The molecule has 0 fully saturated rings. The Morgan fingerprint density at radius 3 is 2.60 bits per heavy atom. The summed E-state index contributed by atoms with van der Waals surface area (Å²) in [6.45, 7) is 3.32. The lowest BCUT2D eigenvalue weighted by Gasteiger charge is -2.13. The molecule has 0 saturated carbocycles. The summed E-state index contributed by atoms with van der Waals surface area (Å²) in [5.74, 6) is 0.180. The van der Waals surface area contributed by atoms with Gasteiger partial charge >= 0.3 is 0 Å². The summed E-state index contributed by atoms with van der Waals surface area (Å²) < 4.78 is 6.54. The van der Waals surface area contributed by atoms with E-state index in [2.05, 4.69) is 20.6 Å². The predicted octanol–water partition coefficient (Wildman–Crippen LogP) is 1.26. The van der Waals surface area contributed by atoms with Crippen LogP contribution < -0.4 is 16.2 Å². The molecule has 0 saturated heterocycles. The fourth-order valence-corrected chi connectivity index (χ4v) is 3.00. The molecule has 0 radical (unpaired) electrons. The van der Waals surface area contributed by atoms with Crippen molar-refractivity contribution in [3.8, 4) is 5.69 Å². The molecular weight excluding hydrogens is 386 g/mol. The van der Waals surface area contributed by atoms with Gasteiger partial charge in [0.2, 0.25) is 5.95 Å². The molecule has 1 amide bonds. The van der Waals surface area contributed by atoms with Gasteiger partial charge in [0.1, 0.15) is 0 Å².